The third-order valence-corrected chi connectivity index (χ3v) is 6.55. The highest BCUT2D eigenvalue weighted by Gasteiger charge is 2.24. The maximum absolute atomic E-state index is 12.2. The Bertz CT molecular complexity index is 889. The zero-order valence-electron chi connectivity index (χ0n) is 17.3. The Labute approximate surface area is 181 Å². The normalized spacial score (nSPS) is 13.9. The minimum Gasteiger partial charge on any atom is -0.492 e. The Balaban J connectivity index is 1.66. The van der Waals surface area contributed by atoms with Crippen LogP contribution in [0.2, 0.25) is 0 Å². The van der Waals surface area contributed by atoms with Gasteiger partial charge in [0.2, 0.25) is 0 Å². The van der Waals surface area contributed by atoms with Crippen molar-refractivity contribution in [3.8, 4) is 5.75 Å². The zero-order valence-corrected chi connectivity index (χ0v) is 18.9. The lowest BCUT2D eigenvalue weighted by molar-refractivity contribution is 0.0601. The zero-order chi connectivity index (χ0) is 21.0. The van der Waals surface area contributed by atoms with Gasteiger partial charge >= 0.3 is 5.97 Å². The molecule has 0 saturated carbocycles. The smallest absolute Gasteiger partial charge is 0.341 e. The molecule has 0 spiro atoms. The van der Waals surface area contributed by atoms with E-state index < -0.39 is 0 Å². The number of piperazine rings is 1. The van der Waals surface area contributed by atoms with Crippen molar-refractivity contribution in [2.75, 3.05) is 50.1 Å². The SMILES string of the molecule is CCOc1ccccc1N1CCN(C(=S)Nc2sc(C)c(C)c2C(=O)OC)CC1. The molecular weight excluding hydrogens is 406 g/mol. The number of ether oxygens (including phenoxy) is 2. The Morgan fingerprint density at radius 2 is 1.90 bits per heavy atom. The van der Waals surface area contributed by atoms with Crippen molar-refractivity contribution in [3.63, 3.8) is 0 Å². The first-order valence-electron chi connectivity index (χ1n) is 9.67. The second-order valence-electron chi connectivity index (χ2n) is 6.78. The number of para-hydroxylation sites is 2. The van der Waals surface area contributed by atoms with Crippen LogP contribution in [-0.2, 0) is 4.74 Å². The van der Waals surface area contributed by atoms with E-state index in [1.165, 1.54) is 18.4 Å². The number of aryl methyl sites for hydroxylation is 1. The molecule has 29 heavy (non-hydrogen) atoms. The molecule has 2 heterocycles. The molecule has 0 atom stereocenters. The summed E-state index contributed by atoms with van der Waals surface area (Å²) in [5.74, 6) is 0.575. The fourth-order valence-electron chi connectivity index (χ4n) is 3.39. The van der Waals surface area contributed by atoms with Crippen LogP contribution >= 0.6 is 23.6 Å². The standard InChI is InChI=1S/C21H27N3O3S2/c1-5-27-17-9-7-6-8-16(17)23-10-12-24(13-11-23)21(28)22-19-18(20(25)26-4)14(2)15(3)29-19/h6-9H,5,10-13H2,1-4H3,(H,22,28). The van der Waals surface area contributed by atoms with Crippen LogP contribution in [0.3, 0.4) is 0 Å². The van der Waals surface area contributed by atoms with Crippen LogP contribution in [0.25, 0.3) is 0 Å². The van der Waals surface area contributed by atoms with Crippen LogP contribution in [0.5, 0.6) is 5.75 Å². The van der Waals surface area contributed by atoms with Crippen molar-refractivity contribution < 1.29 is 14.3 Å². The molecular formula is C21H27N3O3S2. The van der Waals surface area contributed by atoms with Crippen LogP contribution in [-0.4, -0.2) is 55.9 Å². The van der Waals surface area contributed by atoms with Crippen LogP contribution in [0.15, 0.2) is 24.3 Å². The molecule has 3 rings (SSSR count). The number of methoxy groups -OCH3 is 1. The van der Waals surface area contributed by atoms with Crippen molar-refractivity contribution >= 4 is 45.3 Å². The lowest BCUT2D eigenvalue weighted by Gasteiger charge is -2.37. The highest BCUT2D eigenvalue weighted by molar-refractivity contribution is 7.80. The highest BCUT2D eigenvalue weighted by atomic mass is 32.1. The van der Waals surface area contributed by atoms with E-state index in [9.17, 15) is 4.79 Å². The number of thiocarbonyl (C=S) groups is 1. The Morgan fingerprint density at radius 1 is 1.21 bits per heavy atom. The molecule has 1 saturated heterocycles. The summed E-state index contributed by atoms with van der Waals surface area (Å²) in [6, 6.07) is 8.13. The highest BCUT2D eigenvalue weighted by Crippen LogP contribution is 2.33. The summed E-state index contributed by atoms with van der Waals surface area (Å²) in [5.41, 5.74) is 2.62. The second-order valence-corrected chi connectivity index (χ2v) is 8.40. The Hall–Kier alpha value is -2.32. The van der Waals surface area contributed by atoms with Gasteiger partial charge < -0.3 is 24.6 Å². The fourth-order valence-corrected chi connectivity index (χ4v) is 4.78. The number of carbonyl (C=O) groups is 1. The molecule has 1 aromatic carbocycles. The van der Waals surface area contributed by atoms with Crippen LogP contribution in [0, 0.1) is 13.8 Å². The largest absolute Gasteiger partial charge is 0.492 e. The molecule has 6 nitrogen and oxygen atoms in total. The number of hydrogen-bond donors (Lipinski definition) is 1. The van der Waals surface area contributed by atoms with E-state index >= 15 is 0 Å². The van der Waals surface area contributed by atoms with Crippen LogP contribution in [0.4, 0.5) is 10.7 Å². The van der Waals surface area contributed by atoms with Crippen molar-refractivity contribution in [2.45, 2.75) is 20.8 Å². The summed E-state index contributed by atoms with van der Waals surface area (Å²) in [6.45, 7) is 9.85. The molecule has 156 valence electrons. The fraction of sp³-hybridized carbons (Fsp3) is 0.429. The van der Waals surface area contributed by atoms with E-state index in [-0.39, 0.29) is 5.97 Å². The lowest BCUT2D eigenvalue weighted by atomic mass is 10.1. The summed E-state index contributed by atoms with van der Waals surface area (Å²) >= 11 is 7.17. The number of benzene rings is 1. The van der Waals surface area contributed by atoms with Crippen molar-refractivity contribution in [2.24, 2.45) is 0 Å². The van der Waals surface area contributed by atoms with Gasteiger partial charge in [0.1, 0.15) is 10.8 Å². The Morgan fingerprint density at radius 3 is 2.55 bits per heavy atom. The van der Waals surface area contributed by atoms with Gasteiger partial charge in [0, 0.05) is 31.1 Å². The third-order valence-electron chi connectivity index (χ3n) is 5.07. The topological polar surface area (TPSA) is 54.0 Å². The Kier molecular flexibility index (Phi) is 6.97. The average Bonchev–Trinajstić information content (AvgIpc) is 3.01. The van der Waals surface area contributed by atoms with Gasteiger partial charge in [0.25, 0.3) is 0 Å². The van der Waals surface area contributed by atoms with E-state index in [1.54, 1.807) is 0 Å². The molecule has 1 fully saturated rings. The number of nitrogens with one attached hydrogen (secondary N) is 1. The number of rotatable bonds is 5. The number of anilines is 2. The lowest BCUT2D eigenvalue weighted by Crippen LogP contribution is -2.50. The first kappa shape index (κ1) is 21.4. The molecule has 1 aliphatic heterocycles. The number of thiophene rings is 1. The monoisotopic (exact) mass is 433 g/mol. The molecule has 0 amide bonds. The van der Waals surface area contributed by atoms with Crippen LogP contribution in [0.1, 0.15) is 27.7 Å². The van der Waals surface area contributed by atoms with Gasteiger partial charge in [0.15, 0.2) is 5.11 Å². The van der Waals surface area contributed by atoms with Gasteiger partial charge in [-0.25, -0.2) is 4.79 Å². The van der Waals surface area contributed by atoms with Gasteiger partial charge in [-0.15, -0.1) is 11.3 Å². The first-order valence-corrected chi connectivity index (χ1v) is 10.9. The minimum absolute atomic E-state index is 0.338. The molecule has 2 aromatic rings. The van der Waals surface area contributed by atoms with E-state index in [2.05, 4.69) is 21.2 Å². The number of hydrogen-bond acceptors (Lipinski definition) is 6. The molecule has 0 radical (unpaired) electrons. The predicted octanol–water partition coefficient (Wildman–Crippen LogP) is 4.07. The maximum Gasteiger partial charge on any atom is 0.341 e. The van der Waals surface area contributed by atoms with Crippen molar-refractivity contribution in [1.82, 2.24) is 4.90 Å². The van der Waals surface area contributed by atoms with Gasteiger partial charge in [-0.3, -0.25) is 0 Å². The summed E-state index contributed by atoms with van der Waals surface area (Å²) in [7, 11) is 1.40. The van der Waals surface area contributed by atoms with Gasteiger partial charge in [-0.05, 0) is 50.7 Å². The second kappa shape index (κ2) is 9.45. The van der Waals surface area contributed by atoms with Gasteiger partial charge in [0.05, 0.1) is 25.0 Å². The van der Waals surface area contributed by atoms with E-state index in [0.29, 0.717) is 17.3 Å². The molecule has 1 N–H and O–H groups in total. The number of esters is 1. The summed E-state index contributed by atoms with van der Waals surface area (Å²) in [6.07, 6.45) is 0. The quantitative estimate of drug-likeness (QED) is 0.563. The number of carbonyl (C=O) groups excluding carboxylic acids is 1. The molecule has 1 aromatic heterocycles. The summed E-state index contributed by atoms with van der Waals surface area (Å²) < 4.78 is 10.7. The summed E-state index contributed by atoms with van der Waals surface area (Å²) in [5, 5.41) is 4.66. The molecule has 0 unspecified atom stereocenters. The van der Waals surface area contributed by atoms with Crippen molar-refractivity contribution in [1.29, 1.82) is 0 Å². The first-order chi connectivity index (χ1) is 14.0. The third kappa shape index (κ3) is 4.64. The molecule has 8 heteroatoms. The number of nitrogens with zero attached hydrogens (tertiary/aromatic N) is 2. The minimum atomic E-state index is -0.338. The average molecular weight is 434 g/mol. The predicted molar refractivity (Wildman–Crippen MR) is 123 cm³/mol. The van der Waals surface area contributed by atoms with E-state index in [0.717, 1.165) is 53.1 Å². The van der Waals surface area contributed by atoms with E-state index in [4.69, 9.17) is 21.7 Å². The molecule has 0 bridgehead atoms. The summed E-state index contributed by atoms with van der Waals surface area (Å²) in [4.78, 5) is 17.7. The van der Waals surface area contributed by atoms with Crippen molar-refractivity contribution in [3.05, 3.63) is 40.3 Å². The molecule has 1 aliphatic rings. The van der Waals surface area contributed by atoms with Crippen LogP contribution < -0.4 is 15.0 Å². The maximum atomic E-state index is 12.2. The van der Waals surface area contributed by atoms with Gasteiger partial charge in [-0.1, -0.05) is 12.1 Å². The van der Waals surface area contributed by atoms with Gasteiger partial charge in [-0.2, -0.15) is 0 Å². The van der Waals surface area contributed by atoms with E-state index in [1.807, 2.05) is 39.0 Å². The molecule has 0 aliphatic carbocycles.